The van der Waals surface area contributed by atoms with E-state index in [0.717, 1.165) is 26.3 Å². The zero-order valence-corrected chi connectivity index (χ0v) is 11.7. The third-order valence-corrected chi connectivity index (χ3v) is 4.87. The van der Waals surface area contributed by atoms with Gasteiger partial charge in [-0.2, -0.15) is 0 Å². The van der Waals surface area contributed by atoms with Crippen LogP contribution in [0.25, 0.3) is 0 Å². The largest absolute Gasteiger partial charge is 0.464 e. The van der Waals surface area contributed by atoms with Crippen LogP contribution < -0.4 is 0 Å². The van der Waals surface area contributed by atoms with Gasteiger partial charge in [-0.1, -0.05) is 0 Å². The van der Waals surface area contributed by atoms with Crippen molar-refractivity contribution in [3.8, 4) is 0 Å². The van der Waals surface area contributed by atoms with E-state index in [1.165, 1.54) is 0 Å². The van der Waals surface area contributed by atoms with Crippen molar-refractivity contribution in [2.75, 3.05) is 39.5 Å². The van der Waals surface area contributed by atoms with Crippen LogP contribution in [0.5, 0.6) is 0 Å². The Morgan fingerprint density at radius 3 is 2.90 bits per heavy atom. The van der Waals surface area contributed by atoms with Gasteiger partial charge >= 0.3 is 11.9 Å². The minimum atomic E-state index is -0.481. The van der Waals surface area contributed by atoms with E-state index in [9.17, 15) is 9.59 Å². The summed E-state index contributed by atoms with van der Waals surface area (Å²) in [5.74, 6) is -1.56. The lowest BCUT2D eigenvalue weighted by Crippen LogP contribution is -2.40. The topological polar surface area (TPSA) is 74.3 Å². The number of hydrogen-bond acceptors (Lipinski definition) is 7. The molecule has 4 fully saturated rings. The van der Waals surface area contributed by atoms with Crippen LogP contribution in [0.2, 0.25) is 0 Å². The van der Waals surface area contributed by atoms with E-state index < -0.39 is 11.8 Å². The third kappa shape index (κ3) is 2.23. The molecule has 4 heterocycles. The lowest BCUT2D eigenvalue weighted by molar-refractivity contribution is -0.156. The maximum atomic E-state index is 12.3. The average molecular weight is 297 g/mol. The first-order valence-electron chi connectivity index (χ1n) is 7.57. The highest BCUT2D eigenvalue weighted by Gasteiger charge is 2.66. The molecule has 0 N–H and O–H groups in total. The molecule has 0 aromatic rings. The average Bonchev–Trinajstić information content (AvgIpc) is 3.09. The van der Waals surface area contributed by atoms with Gasteiger partial charge in [0.25, 0.3) is 0 Å². The smallest absolute Gasteiger partial charge is 0.313 e. The monoisotopic (exact) mass is 297 g/mol. The number of fused-ring (bicyclic) bond motifs is 1. The van der Waals surface area contributed by atoms with Crippen molar-refractivity contribution < 1.29 is 28.5 Å². The van der Waals surface area contributed by atoms with Gasteiger partial charge < -0.3 is 18.9 Å². The van der Waals surface area contributed by atoms with Crippen LogP contribution in [0.3, 0.4) is 0 Å². The Kier molecular flexibility index (Phi) is 3.35. The van der Waals surface area contributed by atoms with Crippen LogP contribution in [0, 0.1) is 11.8 Å². The lowest BCUT2D eigenvalue weighted by atomic mass is 9.80. The molecule has 0 spiro atoms. The number of carbonyl (C=O) groups is 2. The Labute approximate surface area is 122 Å². The molecule has 4 aliphatic rings. The summed E-state index contributed by atoms with van der Waals surface area (Å²) in [5.41, 5.74) is 0. The molecule has 0 aliphatic carbocycles. The fourth-order valence-electron chi connectivity index (χ4n) is 3.81. The zero-order valence-electron chi connectivity index (χ0n) is 11.7. The van der Waals surface area contributed by atoms with Gasteiger partial charge in [-0.3, -0.25) is 14.5 Å². The molecule has 0 saturated carbocycles. The highest BCUT2D eigenvalue weighted by Crippen LogP contribution is 2.50. The second kappa shape index (κ2) is 5.23. The van der Waals surface area contributed by atoms with E-state index in [1.807, 2.05) is 0 Å². The van der Waals surface area contributed by atoms with Crippen LogP contribution in [0.15, 0.2) is 0 Å². The minimum absolute atomic E-state index is 0.148. The van der Waals surface area contributed by atoms with Gasteiger partial charge in [0, 0.05) is 26.1 Å². The van der Waals surface area contributed by atoms with E-state index in [4.69, 9.17) is 18.9 Å². The summed E-state index contributed by atoms with van der Waals surface area (Å²) in [6.45, 7) is 4.23. The molecule has 0 amide bonds. The first-order chi connectivity index (χ1) is 10.2. The predicted molar refractivity (Wildman–Crippen MR) is 68.4 cm³/mol. The van der Waals surface area contributed by atoms with Gasteiger partial charge in [0.15, 0.2) is 0 Å². The molecule has 4 rings (SSSR count). The second-order valence-corrected chi connectivity index (χ2v) is 6.02. The third-order valence-electron chi connectivity index (χ3n) is 4.87. The molecule has 0 radical (unpaired) electrons. The number of ether oxygens (including phenoxy) is 4. The molecule has 7 heteroatoms. The molecular weight excluding hydrogens is 278 g/mol. The first kappa shape index (κ1) is 13.5. The van der Waals surface area contributed by atoms with Crippen molar-refractivity contribution in [2.45, 2.75) is 24.7 Å². The van der Waals surface area contributed by atoms with Crippen molar-refractivity contribution in [3.63, 3.8) is 0 Å². The fraction of sp³-hybridized carbons (Fsp3) is 0.857. The molecule has 21 heavy (non-hydrogen) atoms. The summed E-state index contributed by atoms with van der Waals surface area (Å²) >= 11 is 0. The van der Waals surface area contributed by atoms with Gasteiger partial charge in [-0.15, -0.1) is 0 Å². The van der Waals surface area contributed by atoms with Gasteiger partial charge in [0.05, 0.1) is 25.2 Å². The summed E-state index contributed by atoms with van der Waals surface area (Å²) in [6, 6.07) is 0. The quantitative estimate of drug-likeness (QED) is 0.628. The highest BCUT2D eigenvalue weighted by molar-refractivity contribution is 5.86. The molecule has 5 atom stereocenters. The summed E-state index contributed by atoms with van der Waals surface area (Å²) in [6.07, 6.45) is 0.0207. The minimum Gasteiger partial charge on any atom is -0.464 e. The predicted octanol–water partition coefficient (Wildman–Crippen LogP) is -0.809. The number of nitrogens with zero attached hydrogens (tertiary/aromatic N) is 1. The summed E-state index contributed by atoms with van der Waals surface area (Å²) < 4.78 is 21.6. The maximum Gasteiger partial charge on any atom is 0.313 e. The number of carbonyl (C=O) groups excluding carboxylic acids is 2. The number of hydrogen-bond donors (Lipinski definition) is 0. The van der Waals surface area contributed by atoms with Crippen LogP contribution in [-0.4, -0.2) is 74.6 Å². The number of rotatable bonds is 4. The first-order valence-corrected chi connectivity index (χ1v) is 7.57. The Hall–Kier alpha value is -1.18. The molecule has 116 valence electrons. The van der Waals surface area contributed by atoms with Crippen LogP contribution in [0.1, 0.15) is 6.42 Å². The second-order valence-electron chi connectivity index (χ2n) is 6.02. The van der Waals surface area contributed by atoms with Gasteiger partial charge in [0.1, 0.15) is 24.7 Å². The summed E-state index contributed by atoms with van der Waals surface area (Å²) in [4.78, 5) is 26.3. The molecule has 7 nitrogen and oxygen atoms in total. The lowest BCUT2D eigenvalue weighted by Gasteiger charge is -2.26. The van der Waals surface area contributed by atoms with Gasteiger partial charge in [0.2, 0.25) is 0 Å². The normalized spacial score (nSPS) is 41.3. The summed E-state index contributed by atoms with van der Waals surface area (Å²) in [7, 11) is 0. The Bertz CT molecular complexity index is 447. The van der Waals surface area contributed by atoms with E-state index in [0.29, 0.717) is 19.6 Å². The maximum absolute atomic E-state index is 12.3. The standard InChI is InChI=1S/C14H19NO6/c16-13(19-6-3-15-1-4-18-5-2-15)10-8-7-9-12(20-8)11(10)14(17)21-9/h8-12H,1-7H2. The SMILES string of the molecule is O=C(OCCN1CCOCC1)C1C2CC3OC(=O)C1C3O2. The van der Waals surface area contributed by atoms with Crippen molar-refractivity contribution in [2.24, 2.45) is 11.8 Å². The van der Waals surface area contributed by atoms with Crippen molar-refractivity contribution in [1.29, 1.82) is 0 Å². The molecule has 4 aliphatic heterocycles. The number of esters is 2. The van der Waals surface area contributed by atoms with Crippen LogP contribution >= 0.6 is 0 Å². The van der Waals surface area contributed by atoms with Crippen molar-refractivity contribution >= 4 is 11.9 Å². The zero-order chi connectivity index (χ0) is 14.4. The molecule has 5 unspecified atom stereocenters. The Balaban J connectivity index is 1.30. The van der Waals surface area contributed by atoms with E-state index in [1.54, 1.807) is 0 Å². The van der Waals surface area contributed by atoms with Crippen LogP contribution in [0.4, 0.5) is 0 Å². The Morgan fingerprint density at radius 1 is 1.29 bits per heavy atom. The fourth-order valence-corrected chi connectivity index (χ4v) is 3.81. The van der Waals surface area contributed by atoms with Gasteiger partial charge in [-0.05, 0) is 0 Å². The van der Waals surface area contributed by atoms with Crippen LogP contribution in [-0.2, 0) is 28.5 Å². The molecule has 2 bridgehead atoms. The highest BCUT2D eigenvalue weighted by atomic mass is 16.6. The molecule has 4 saturated heterocycles. The van der Waals surface area contributed by atoms with Crippen molar-refractivity contribution in [1.82, 2.24) is 4.90 Å². The van der Waals surface area contributed by atoms with E-state index in [2.05, 4.69) is 4.90 Å². The molecular formula is C14H19NO6. The molecule has 0 aromatic heterocycles. The van der Waals surface area contributed by atoms with E-state index >= 15 is 0 Å². The molecule has 0 aromatic carbocycles. The van der Waals surface area contributed by atoms with Gasteiger partial charge in [-0.25, -0.2) is 0 Å². The Morgan fingerprint density at radius 2 is 2.10 bits per heavy atom. The summed E-state index contributed by atoms with van der Waals surface area (Å²) in [5, 5.41) is 0. The van der Waals surface area contributed by atoms with E-state index in [-0.39, 0.29) is 30.3 Å². The number of morpholine rings is 1. The van der Waals surface area contributed by atoms with Crippen molar-refractivity contribution in [3.05, 3.63) is 0 Å².